The first-order chi connectivity index (χ1) is 12.1. The summed E-state index contributed by atoms with van der Waals surface area (Å²) < 4.78 is 0. The largest absolute Gasteiger partial charge is 0.355 e. The van der Waals surface area contributed by atoms with Gasteiger partial charge < -0.3 is 5.32 Å². The molecule has 1 rings (SSSR count). The summed E-state index contributed by atoms with van der Waals surface area (Å²) in [6.45, 7) is 22.7. The van der Waals surface area contributed by atoms with Gasteiger partial charge >= 0.3 is 0 Å². The first-order valence-electron chi connectivity index (χ1n) is 8.09. The highest BCUT2D eigenvalue weighted by Gasteiger charge is 2.03. The lowest BCUT2D eigenvalue weighted by Gasteiger charge is -2.12. The molecule has 1 N–H and O–H groups in total. The Morgan fingerprint density at radius 1 is 0.960 bits per heavy atom. The Balaban J connectivity index is 0.000000609. The fourth-order valence-electron chi connectivity index (χ4n) is 1.86. The van der Waals surface area contributed by atoms with E-state index in [2.05, 4.69) is 38.2 Å². The lowest BCUT2D eigenvalue weighted by molar-refractivity contribution is 1.46. The van der Waals surface area contributed by atoms with E-state index in [1.807, 2.05) is 74.6 Å². The van der Waals surface area contributed by atoms with Gasteiger partial charge in [-0.2, -0.15) is 0 Å². The maximum Gasteiger partial charge on any atom is 0.0463 e. The van der Waals surface area contributed by atoms with Crippen LogP contribution in [0.2, 0.25) is 0 Å². The molecule has 1 heteroatoms. The summed E-state index contributed by atoms with van der Waals surface area (Å²) in [5.41, 5.74) is 5.14. The average Bonchev–Trinajstić information content (AvgIpc) is 2.65. The summed E-state index contributed by atoms with van der Waals surface area (Å²) in [6.07, 6.45) is 16.8. The molecule has 25 heavy (non-hydrogen) atoms. The average molecular weight is 332 g/mol. The molecule has 1 aromatic carbocycles. The standard InChI is InChI=1S/C16H17N.C8H12/c1-5-10-14(7-3)17-16-12-9-11-13(6-2)15(16)8-4;1-4-6-7-8(3)5-2/h5-12,17H,1-4H2;4-7H,2H2,1,3H3/b14-10+;6-4-,8-7-. The number of rotatable bonds is 8. The molecule has 0 aliphatic rings. The minimum atomic E-state index is 0.893. The molecule has 130 valence electrons. The summed E-state index contributed by atoms with van der Waals surface area (Å²) >= 11 is 0. The molecule has 0 radical (unpaired) electrons. The van der Waals surface area contributed by atoms with Gasteiger partial charge in [0.15, 0.2) is 0 Å². The lowest BCUT2D eigenvalue weighted by Crippen LogP contribution is -1.99. The molecule has 0 unspecified atom stereocenters. The highest BCUT2D eigenvalue weighted by Crippen LogP contribution is 2.23. The molecule has 1 nitrogen and oxygen atoms in total. The van der Waals surface area contributed by atoms with Gasteiger partial charge in [-0.1, -0.05) is 93.1 Å². The monoisotopic (exact) mass is 331 g/mol. The van der Waals surface area contributed by atoms with Crippen molar-refractivity contribution in [2.24, 2.45) is 0 Å². The summed E-state index contributed by atoms with van der Waals surface area (Å²) in [5, 5.41) is 3.28. The van der Waals surface area contributed by atoms with Gasteiger partial charge in [-0.25, -0.2) is 0 Å². The number of benzene rings is 1. The van der Waals surface area contributed by atoms with E-state index < -0.39 is 0 Å². The van der Waals surface area contributed by atoms with Gasteiger partial charge in [-0.3, -0.25) is 0 Å². The molecular formula is C24H29N. The van der Waals surface area contributed by atoms with Crippen molar-refractivity contribution in [3.8, 4) is 0 Å². The van der Waals surface area contributed by atoms with E-state index in [4.69, 9.17) is 0 Å². The van der Waals surface area contributed by atoms with Gasteiger partial charge in [0.05, 0.1) is 0 Å². The Morgan fingerprint density at radius 3 is 2.16 bits per heavy atom. The van der Waals surface area contributed by atoms with E-state index in [0.29, 0.717) is 0 Å². The number of hydrogen-bond acceptors (Lipinski definition) is 1. The van der Waals surface area contributed by atoms with E-state index >= 15 is 0 Å². The maximum absolute atomic E-state index is 3.83. The van der Waals surface area contributed by atoms with Crippen molar-refractivity contribution in [1.29, 1.82) is 0 Å². The zero-order valence-electron chi connectivity index (χ0n) is 15.5. The zero-order valence-corrected chi connectivity index (χ0v) is 15.5. The second kappa shape index (κ2) is 13.4. The predicted octanol–water partition coefficient (Wildman–Crippen LogP) is 7.34. The van der Waals surface area contributed by atoms with Crippen LogP contribution in [0.3, 0.4) is 0 Å². The summed E-state index contributed by atoms with van der Waals surface area (Å²) in [5.74, 6) is 0. The summed E-state index contributed by atoms with van der Waals surface area (Å²) in [7, 11) is 0. The molecule has 0 aliphatic carbocycles. The van der Waals surface area contributed by atoms with Crippen LogP contribution in [0.4, 0.5) is 5.69 Å². The first-order valence-corrected chi connectivity index (χ1v) is 8.09. The van der Waals surface area contributed by atoms with Gasteiger partial charge in [-0.05, 0) is 37.6 Å². The molecular weight excluding hydrogens is 302 g/mol. The number of hydrogen-bond donors (Lipinski definition) is 1. The summed E-state index contributed by atoms with van der Waals surface area (Å²) in [4.78, 5) is 0. The highest BCUT2D eigenvalue weighted by atomic mass is 14.9. The van der Waals surface area contributed by atoms with Gasteiger partial charge in [0.1, 0.15) is 0 Å². The second-order valence-corrected chi connectivity index (χ2v) is 5.04. The SMILES string of the molecule is C=C/C(C)=C\C=C/C.C=C/C=C(\C=C)Nc1cccc(C=C)c1C=C. The van der Waals surface area contributed by atoms with Crippen LogP contribution in [0.15, 0.2) is 105 Å². The number of allylic oxidation sites excluding steroid dienone is 8. The Bertz CT molecular complexity index is 697. The Labute approximate surface area is 153 Å². The molecule has 0 heterocycles. The van der Waals surface area contributed by atoms with Crippen molar-refractivity contribution < 1.29 is 0 Å². The molecule has 0 saturated heterocycles. The van der Waals surface area contributed by atoms with Crippen LogP contribution in [0.5, 0.6) is 0 Å². The normalized spacial score (nSPS) is 11.1. The first kappa shape index (κ1) is 21.9. The highest BCUT2D eigenvalue weighted by molar-refractivity contribution is 5.76. The molecule has 0 atom stereocenters. The fourth-order valence-corrected chi connectivity index (χ4v) is 1.86. The third-order valence-electron chi connectivity index (χ3n) is 3.23. The van der Waals surface area contributed by atoms with Crippen molar-refractivity contribution in [1.82, 2.24) is 0 Å². The molecule has 1 aromatic rings. The molecule has 0 aliphatic heterocycles. The van der Waals surface area contributed by atoms with Crippen LogP contribution >= 0.6 is 0 Å². The zero-order chi connectivity index (χ0) is 19.1. The molecule has 0 spiro atoms. The third-order valence-corrected chi connectivity index (χ3v) is 3.23. The Kier molecular flexibility index (Phi) is 11.7. The van der Waals surface area contributed by atoms with Crippen LogP contribution in [-0.2, 0) is 0 Å². The van der Waals surface area contributed by atoms with Crippen molar-refractivity contribution >= 4 is 17.8 Å². The van der Waals surface area contributed by atoms with Crippen LogP contribution in [-0.4, -0.2) is 0 Å². The van der Waals surface area contributed by atoms with E-state index in [1.54, 1.807) is 12.2 Å². The Morgan fingerprint density at radius 2 is 1.68 bits per heavy atom. The van der Waals surface area contributed by atoms with Crippen molar-refractivity contribution in [3.63, 3.8) is 0 Å². The lowest BCUT2D eigenvalue weighted by atomic mass is 10.0. The van der Waals surface area contributed by atoms with Gasteiger partial charge in [0.2, 0.25) is 0 Å². The molecule has 0 amide bonds. The predicted molar refractivity (Wildman–Crippen MR) is 117 cm³/mol. The molecule has 0 saturated carbocycles. The fraction of sp³-hybridized carbons (Fsp3) is 0.0833. The molecule has 0 bridgehead atoms. The van der Waals surface area contributed by atoms with Gasteiger partial charge in [0.25, 0.3) is 0 Å². The summed E-state index contributed by atoms with van der Waals surface area (Å²) in [6, 6.07) is 5.96. The smallest absolute Gasteiger partial charge is 0.0463 e. The second-order valence-electron chi connectivity index (χ2n) is 5.04. The Hall–Kier alpha value is -3.06. The van der Waals surface area contributed by atoms with Gasteiger partial charge in [0, 0.05) is 16.9 Å². The minimum absolute atomic E-state index is 0.893. The van der Waals surface area contributed by atoms with E-state index in [-0.39, 0.29) is 0 Å². The van der Waals surface area contributed by atoms with Gasteiger partial charge in [-0.15, -0.1) is 0 Å². The van der Waals surface area contributed by atoms with Crippen LogP contribution in [0.1, 0.15) is 25.0 Å². The minimum Gasteiger partial charge on any atom is -0.355 e. The van der Waals surface area contributed by atoms with Crippen LogP contribution < -0.4 is 5.32 Å². The van der Waals surface area contributed by atoms with Crippen molar-refractivity contribution in [2.45, 2.75) is 13.8 Å². The topological polar surface area (TPSA) is 12.0 Å². The van der Waals surface area contributed by atoms with Crippen LogP contribution in [0.25, 0.3) is 12.2 Å². The van der Waals surface area contributed by atoms with E-state index in [1.165, 1.54) is 5.57 Å². The quantitative estimate of drug-likeness (QED) is 0.491. The van der Waals surface area contributed by atoms with E-state index in [9.17, 15) is 0 Å². The molecule has 0 fully saturated rings. The third kappa shape index (κ3) is 8.38. The number of anilines is 1. The van der Waals surface area contributed by atoms with Crippen molar-refractivity contribution in [2.75, 3.05) is 5.32 Å². The van der Waals surface area contributed by atoms with Crippen LogP contribution in [0, 0.1) is 0 Å². The van der Waals surface area contributed by atoms with E-state index in [0.717, 1.165) is 22.5 Å². The number of nitrogens with one attached hydrogen (secondary N) is 1. The maximum atomic E-state index is 3.83. The molecule has 0 aromatic heterocycles. The van der Waals surface area contributed by atoms with Crippen molar-refractivity contribution in [3.05, 3.63) is 116 Å².